The molecule has 1 amide bonds. The normalized spacial score (nSPS) is 10.9. The predicted octanol–water partition coefficient (Wildman–Crippen LogP) is 6.02. The van der Waals surface area contributed by atoms with E-state index in [1.54, 1.807) is 6.92 Å². The SMILES string of the molecule is Cc1cc(Oc2ccccc2CCNC(=O)c2ccc(C(F)F)cc2C)ccc1CCC(=O)O. The van der Waals surface area contributed by atoms with Gasteiger partial charge in [0.15, 0.2) is 0 Å². The molecule has 0 aromatic heterocycles. The first kappa shape index (κ1) is 24.9. The molecule has 0 unspecified atom stereocenters. The van der Waals surface area contributed by atoms with Crippen LogP contribution in [0, 0.1) is 13.8 Å². The summed E-state index contributed by atoms with van der Waals surface area (Å²) >= 11 is 0. The number of halogens is 2. The molecule has 2 N–H and O–H groups in total. The van der Waals surface area contributed by atoms with Crippen molar-refractivity contribution in [3.8, 4) is 11.5 Å². The van der Waals surface area contributed by atoms with Gasteiger partial charge in [0.2, 0.25) is 0 Å². The third kappa shape index (κ3) is 6.63. The molecule has 0 spiro atoms. The number of aryl methyl sites for hydroxylation is 3. The molecular formula is C27H27F2NO4. The molecule has 178 valence electrons. The number of nitrogens with one attached hydrogen (secondary N) is 1. The lowest BCUT2D eigenvalue weighted by Crippen LogP contribution is -2.26. The van der Waals surface area contributed by atoms with Crippen LogP contribution in [-0.4, -0.2) is 23.5 Å². The number of carbonyl (C=O) groups excluding carboxylic acids is 1. The van der Waals surface area contributed by atoms with Gasteiger partial charge in [-0.3, -0.25) is 9.59 Å². The van der Waals surface area contributed by atoms with Crippen molar-refractivity contribution in [3.05, 3.63) is 94.0 Å². The summed E-state index contributed by atoms with van der Waals surface area (Å²) in [5.74, 6) is 0.153. The van der Waals surface area contributed by atoms with Gasteiger partial charge >= 0.3 is 5.97 Å². The Balaban J connectivity index is 1.62. The van der Waals surface area contributed by atoms with Crippen molar-refractivity contribution in [2.45, 2.75) is 39.5 Å². The lowest BCUT2D eigenvalue weighted by atomic mass is 10.0. The van der Waals surface area contributed by atoms with Gasteiger partial charge in [0.1, 0.15) is 11.5 Å². The van der Waals surface area contributed by atoms with Crippen LogP contribution in [0.1, 0.15) is 51.0 Å². The Kier molecular flexibility index (Phi) is 8.35. The van der Waals surface area contributed by atoms with Gasteiger partial charge < -0.3 is 15.2 Å². The summed E-state index contributed by atoms with van der Waals surface area (Å²) in [5, 5.41) is 11.7. The molecular weight excluding hydrogens is 440 g/mol. The van der Waals surface area contributed by atoms with E-state index >= 15 is 0 Å². The van der Waals surface area contributed by atoms with Crippen LogP contribution in [-0.2, 0) is 17.6 Å². The molecule has 3 aromatic rings. The zero-order valence-electron chi connectivity index (χ0n) is 19.1. The van der Waals surface area contributed by atoms with Crippen LogP contribution >= 0.6 is 0 Å². The number of alkyl halides is 2. The maximum atomic E-state index is 12.8. The molecule has 3 rings (SSSR count). The number of carboxylic acid groups (broad SMARTS) is 1. The van der Waals surface area contributed by atoms with E-state index in [4.69, 9.17) is 9.84 Å². The highest BCUT2D eigenvalue weighted by Crippen LogP contribution is 2.28. The number of benzene rings is 3. The number of hydrogen-bond acceptors (Lipinski definition) is 3. The van der Waals surface area contributed by atoms with E-state index in [0.717, 1.165) is 16.7 Å². The van der Waals surface area contributed by atoms with E-state index in [2.05, 4.69) is 5.32 Å². The van der Waals surface area contributed by atoms with Crippen molar-refractivity contribution in [2.24, 2.45) is 0 Å². The van der Waals surface area contributed by atoms with Crippen molar-refractivity contribution in [1.82, 2.24) is 5.32 Å². The summed E-state index contributed by atoms with van der Waals surface area (Å²) in [6.45, 7) is 3.91. The minimum Gasteiger partial charge on any atom is -0.481 e. The van der Waals surface area contributed by atoms with E-state index in [-0.39, 0.29) is 17.9 Å². The zero-order chi connectivity index (χ0) is 24.7. The monoisotopic (exact) mass is 467 g/mol. The molecule has 0 heterocycles. The average molecular weight is 468 g/mol. The lowest BCUT2D eigenvalue weighted by molar-refractivity contribution is -0.136. The number of amides is 1. The smallest absolute Gasteiger partial charge is 0.303 e. The van der Waals surface area contributed by atoms with Crippen molar-refractivity contribution >= 4 is 11.9 Å². The summed E-state index contributed by atoms with van der Waals surface area (Å²) in [5.41, 5.74) is 3.58. The van der Waals surface area contributed by atoms with E-state index in [9.17, 15) is 18.4 Å². The van der Waals surface area contributed by atoms with Crippen LogP contribution in [0.3, 0.4) is 0 Å². The second kappa shape index (κ2) is 11.4. The molecule has 3 aromatic carbocycles. The Labute approximate surface area is 197 Å². The van der Waals surface area contributed by atoms with E-state index < -0.39 is 12.4 Å². The molecule has 0 aliphatic rings. The summed E-state index contributed by atoms with van der Waals surface area (Å²) in [7, 11) is 0. The van der Waals surface area contributed by atoms with Crippen molar-refractivity contribution in [1.29, 1.82) is 0 Å². The van der Waals surface area contributed by atoms with Crippen LogP contribution in [0.4, 0.5) is 8.78 Å². The first-order valence-corrected chi connectivity index (χ1v) is 11.0. The summed E-state index contributed by atoms with van der Waals surface area (Å²) < 4.78 is 31.7. The Hall–Kier alpha value is -3.74. The van der Waals surface area contributed by atoms with Gasteiger partial charge in [-0.05, 0) is 79.3 Å². The molecule has 5 nitrogen and oxygen atoms in total. The van der Waals surface area contributed by atoms with Gasteiger partial charge in [-0.15, -0.1) is 0 Å². The molecule has 0 fully saturated rings. The molecule has 34 heavy (non-hydrogen) atoms. The number of hydrogen-bond donors (Lipinski definition) is 2. The van der Waals surface area contributed by atoms with Crippen LogP contribution in [0.5, 0.6) is 11.5 Å². The maximum Gasteiger partial charge on any atom is 0.303 e. The fraction of sp³-hybridized carbons (Fsp3) is 0.259. The largest absolute Gasteiger partial charge is 0.481 e. The average Bonchev–Trinajstić information content (AvgIpc) is 2.79. The first-order valence-electron chi connectivity index (χ1n) is 11.0. The molecule has 7 heteroatoms. The Morgan fingerprint density at radius 1 is 0.941 bits per heavy atom. The molecule has 0 radical (unpaired) electrons. The van der Waals surface area contributed by atoms with Crippen molar-refractivity contribution in [3.63, 3.8) is 0 Å². The van der Waals surface area contributed by atoms with Crippen LogP contribution in [0.15, 0.2) is 60.7 Å². The third-order valence-electron chi connectivity index (χ3n) is 5.55. The summed E-state index contributed by atoms with van der Waals surface area (Å²) in [6.07, 6.45) is -1.52. The Morgan fingerprint density at radius 3 is 2.38 bits per heavy atom. The minimum atomic E-state index is -2.57. The molecule has 0 saturated heterocycles. The highest BCUT2D eigenvalue weighted by atomic mass is 19.3. The molecule has 0 aliphatic heterocycles. The highest BCUT2D eigenvalue weighted by Gasteiger charge is 2.14. The van der Waals surface area contributed by atoms with E-state index in [1.165, 1.54) is 18.2 Å². The summed E-state index contributed by atoms with van der Waals surface area (Å²) in [6, 6.07) is 17.1. The minimum absolute atomic E-state index is 0.0749. The third-order valence-corrected chi connectivity index (χ3v) is 5.55. The summed E-state index contributed by atoms with van der Waals surface area (Å²) in [4.78, 5) is 23.3. The number of ether oxygens (including phenoxy) is 1. The topological polar surface area (TPSA) is 75.6 Å². The lowest BCUT2D eigenvalue weighted by Gasteiger charge is -2.14. The Bertz CT molecular complexity index is 1180. The fourth-order valence-corrected chi connectivity index (χ4v) is 3.67. The van der Waals surface area contributed by atoms with E-state index in [0.29, 0.717) is 42.0 Å². The van der Waals surface area contributed by atoms with Gasteiger partial charge in [0.05, 0.1) is 0 Å². The van der Waals surface area contributed by atoms with Crippen LogP contribution in [0.2, 0.25) is 0 Å². The molecule has 0 atom stereocenters. The quantitative estimate of drug-likeness (QED) is 0.382. The number of aliphatic carboxylic acids is 1. The second-order valence-electron chi connectivity index (χ2n) is 8.07. The van der Waals surface area contributed by atoms with Gasteiger partial charge in [0.25, 0.3) is 12.3 Å². The van der Waals surface area contributed by atoms with Crippen LogP contribution < -0.4 is 10.1 Å². The Morgan fingerprint density at radius 2 is 1.71 bits per heavy atom. The standard InChI is InChI=1S/C27H27F2NO4/c1-17-16-22(10-7-19(17)9-12-25(31)32)34-24-6-4-3-5-20(24)13-14-30-27(33)23-11-8-21(26(28)29)15-18(23)2/h3-8,10-11,15-16,26H,9,12-14H2,1-2H3,(H,30,33)(H,31,32). The van der Waals surface area contributed by atoms with E-state index in [1.807, 2.05) is 49.4 Å². The number of carbonyl (C=O) groups is 2. The van der Waals surface area contributed by atoms with Gasteiger partial charge in [-0.1, -0.05) is 30.3 Å². The maximum absolute atomic E-state index is 12.8. The molecule has 0 aliphatic carbocycles. The number of para-hydroxylation sites is 1. The number of rotatable bonds is 10. The number of carboxylic acids is 1. The van der Waals surface area contributed by atoms with Crippen molar-refractivity contribution < 1.29 is 28.2 Å². The zero-order valence-corrected chi connectivity index (χ0v) is 19.1. The van der Waals surface area contributed by atoms with Crippen LogP contribution in [0.25, 0.3) is 0 Å². The predicted molar refractivity (Wildman–Crippen MR) is 126 cm³/mol. The van der Waals surface area contributed by atoms with Gasteiger partial charge in [-0.25, -0.2) is 8.78 Å². The highest BCUT2D eigenvalue weighted by molar-refractivity contribution is 5.95. The molecule has 0 bridgehead atoms. The molecule has 0 saturated carbocycles. The first-order chi connectivity index (χ1) is 16.2. The van der Waals surface area contributed by atoms with Crippen molar-refractivity contribution in [2.75, 3.05) is 6.54 Å². The van der Waals surface area contributed by atoms with Gasteiger partial charge in [0, 0.05) is 24.1 Å². The second-order valence-corrected chi connectivity index (χ2v) is 8.07. The fourth-order valence-electron chi connectivity index (χ4n) is 3.67. The van der Waals surface area contributed by atoms with Gasteiger partial charge in [-0.2, -0.15) is 0 Å².